The summed E-state index contributed by atoms with van der Waals surface area (Å²) >= 11 is 0. The van der Waals surface area contributed by atoms with Gasteiger partial charge in [-0.1, -0.05) is 49.3 Å². The van der Waals surface area contributed by atoms with Crippen molar-refractivity contribution in [3.8, 4) is 11.4 Å². The molecular formula is C21H26N4O3S. The van der Waals surface area contributed by atoms with Gasteiger partial charge >= 0.3 is 0 Å². The number of nitrogens with one attached hydrogen (secondary N) is 1. The molecule has 2 aromatic carbocycles. The number of hydrogen-bond donors (Lipinski definition) is 1. The Balaban J connectivity index is 1.78. The van der Waals surface area contributed by atoms with E-state index in [4.69, 9.17) is 4.52 Å². The van der Waals surface area contributed by atoms with Crippen molar-refractivity contribution in [2.75, 3.05) is 18.4 Å². The van der Waals surface area contributed by atoms with Crippen LogP contribution in [0, 0.1) is 13.8 Å². The molecular weight excluding hydrogens is 388 g/mol. The minimum absolute atomic E-state index is 0.298. The van der Waals surface area contributed by atoms with E-state index in [1.54, 1.807) is 19.1 Å². The highest BCUT2D eigenvalue weighted by Gasteiger charge is 2.23. The Morgan fingerprint density at radius 3 is 2.45 bits per heavy atom. The second-order valence-corrected chi connectivity index (χ2v) is 8.66. The largest absolute Gasteiger partial charge is 0.376 e. The number of anilines is 1. The van der Waals surface area contributed by atoms with E-state index in [0.717, 1.165) is 11.1 Å². The Bertz CT molecular complexity index is 1090. The van der Waals surface area contributed by atoms with Gasteiger partial charge in [0, 0.05) is 24.3 Å². The normalized spacial score (nSPS) is 11.8. The molecule has 1 aromatic heterocycles. The maximum absolute atomic E-state index is 12.9. The fourth-order valence-corrected chi connectivity index (χ4v) is 4.84. The number of sulfonamides is 1. The molecule has 29 heavy (non-hydrogen) atoms. The first kappa shape index (κ1) is 21.0. The highest BCUT2D eigenvalue weighted by molar-refractivity contribution is 7.89. The molecule has 7 nitrogen and oxygen atoms in total. The first-order chi connectivity index (χ1) is 13.9. The van der Waals surface area contributed by atoms with E-state index in [9.17, 15) is 8.42 Å². The van der Waals surface area contributed by atoms with Gasteiger partial charge in [0.2, 0.25) is 21.7 Å². The zero-order chi connectivity index (χ0) is 21.0. The van der Waals surface area contributed by atoms with Gasteiger partial charge in [0.25, 0.3) is 0 Å². The molecule has 0 unspecified atom stereocenters. The summed E-state index contributed by atoms with van der Waals surface area (Å²) < 4.78 is 32.6. The van der Waals surface area contributed by atoms with Crippen LogP contribution in [0.2, 0.25) is 0 Å². The molecule has 0 bridgehead atoms. The zero-order valence-electron chi connectivity index (χ0n) is 17.1. The Labute approximate surface area is 171 Å². The summed E-state index contributed by atoms with van der Waals surface area (Å²) in [6.45, 7) is 8.62. The van der Waals surface area contributed by atoms with Crippen LogP contribution in [0.3, 0.4) is 0 Å². The molecule has 0 saturated heterocycles. The molecule has 0 atom stereocenters. The summed E-state index contributed by atoms with van der Waals surface area (Å²) in [5.74, 6) is 0.964. The van der Waals surface area contributed by atoms with Gasteiger partial charge in [-0.3, -0.25) is 0 Å². The number of aromatic nitrogens is 2. The average molecular weight is 415 g/mol. The molecule has 0 amide bonds. The van der Waals surface area contributed by atoms with Crippen LogP contribution in [0.15, 0.2) is 51.9 Å². The van der Waals surface area contributed by atoms with Crippen molar-refractivity contribution < 1.29 is 12.9 Å². The van der Waals surface area contributed by atoms with Gasteiger partial charge in [0.05, 0.1) is 11.4 Å². The van der Waals surface area contributed by atoms with Crippen molar-refractivity contribution in [1.29, 1.82) is 0 Å². The van der Waals surface area contributed by atoms with E-state index in [2.05, 4.69) is 15.5 Å². The van der Waals surface area contributed by atoms with Crippen LogP contribution in [0.4, 0.5) is 5.69 Å². The number of benzene rings is 2. The maximum atomic E-state index is 12.9. The van der Waals surface area contributed by atoms with E-state index in [0.29, 0.717) is 47.5 Å². The van der Waals surface area contributed by atoms with Crippen LogP contribution in [-0.2, 0) is 16.6 Å². The summed E-state index contributed by atoms with van der Waals surface area (Å²) in [4.78, 5) is 4.74. The van der Waals surface area contributed by atoms with Crippen LogP contribution >= 0.6 is 0 Å². The molecule has 154 valence electrons. The van der Waals surface area contributed by atoms with E-state index < -0.39 is 10.0 Å². The lowest BCUT2D eigenvalue weighted by Crippen LogP contribution is -2.31. The topological polar surface area (TPSA) is 88.3 Å². The SMILES string of the molecule is CCN(CC)S(=O)(=O)c1cc(NCc2nc(-c3ccccc3C)no2)ccc1C. The molecule has 0 aliphatic carbocycles. The number of nitrogens with zero attached hydrogens (tertiary/aromatic N) is 3. The van der Waals surface area contributed by atoms with Crippen molar-refractivity contribution in [2.24, 2.45) is 0 Å². The molecule has 0 radical (unpaired) electrons. The lowest BCUT2D eigenvalue weighted by Gasteiger charge is -2.20. The van der Waals surface area contributed by atoms with Crippen molar-refractivity contribution in [3.63, 3.8) is 0 Å². The number of aryl methyl sites for hydroxylation is 2. The van der Waals surface area contributed by atoms with E-state index in [1.165, 1.54) is 4.31 Å². The van der Waals surface area contributed by atoms with Gasteiger partial charge in [-0.05, 0) is 37.1 Å². The van der Waals surface area contributed by atoms with Crippen LogP contribution in [0.25, 0.3) is 11.4 Å². The molecule has 0 saturated carbocycles. The zero-order valence-corrected chi connectivity index (χ0v) is 18.0. The van der Waals surface area contributed by atoms with Crippen LogP contribution in [0.5, 0.6) is 0 Å². The first-order valence-electron chi connectivity index (χ1n) is 9.60. The molecule has 8 heteroatoms. The van der Waals surface area contributed by atoms with E-state index in [1.807, 2.05) is 51.1 Å². The third-order valence-electron chi connectivity index (χ3n) is 4.81. The summed E-state index contributed by atoms with van der Waals surface area (Å²) in [5.41, 5.74) is 3.38. The summed E-state index contributed by atoms with van der Waals surface area (Å²) in [7, 11) is -3.53. The highest BCUT2D eigenvalue weighted by atomic mass is 32.2. The van der Waals surface area contributed by atoms with Crippen molar-refractivity contribution >= 4 is 15.7 Å². The highest BCUT2D eigenvalue weighted by Crippen LogP contribution is 2.24. The Kier molecular flexibility index (Phi) is 6.34. The predicted molar refractivity (Wildman–Crippen MR) is 113 cm³/mol. The number of hydrogen-bond acceptors (Lipinski definition) is 6. The smallest absolute Gasteiger partial charge is 0.246 e. The molecule has 0 aliphatic heterocycles. The molecule has 0 aliphatic rings. The van der Waals surface area contributed by atoms with Crippen LogP contribution < -0.4 is 5.32 Å². The fourth-order valence-electron chi connectivity index (χ4n) is 3.13. The van der Waals surface area contributed by atoms with Gasteiger partial charge < -0.3 is 9.84 Å². The second-order valence-electron chi connectivity index (χ2n) is 6.75. The quantitative estimate of drug-likeness (QED) is 0.599. The molecule has 3 aromatic rings. The average Bonchev–Trinajstić information content (AvgIpc) is 3.17. The standard InChI is InChI=1S/C21H26N4O3S/c1-5-25(6-2)29(26,27)19-13-17(12-11-16(19)4)22-14-20-23-21(24-28-20)18-10-8-7-9-15(18)3/h7-13,22H,5-6,14H2,1-4H3. The maximum Gasteiger partial charge on any atom is 0.246 e. The number of rotatable bonds is 8. The second kappa shape index (κ2) is 8.75. The Morgan fingerprint density at radius 1 is 1.03 bits per heavy atom. The van der Waals surface area contributed by atoms with Crippen LogP contribution in [-0.4, -0.2) is 36.0 Å². The lowest BCUT2D eigenvalue weighted by molar-refractivity contribution is 0.384. The molecule has 1 heterocycles. The molecule has 0 fully saturated rings. The van der Waals surface area contributed by atoms with E-state index >= 15 is 0 Å². The summed E-state index contributed by atoms with van der Waals surface area (Å²) in [6.07, 6.45) is 0. The van der Waals surface area contributed by atoms with Crippen molar-refractivity contribution in [3.05, 3.63) is 59.5 Å². The van der Waals surface area contributed by atoms with Crippen LogP contribution in [0.1, 0.15) is 30.9 Å². The van der Waals surface area contributed by atoms with Crippen molar-refractivity contribution in [1.82, 2.24) is 14.4 Å². The predicted octanol–water partition coefficient (Wildman–Crippen LogP) is 4.00. The molecule has 0 spiro atoms. The van der Waals surface area contributed by atoms with Gasteiger partial charge in [0.1, 0.15) is 0 Å². The van der Waals surface area contributed by atoms with Gasteiger partial charge in [-0.15, -0.1) is 0 Å². The Morgan fingerprint density at radius 2 is 1.76 bits per heavy atom. The van der Waals surface area contributed by atoms with Gasteiger partial charge in [-0.2, -0.15) is 9.29 Å². The Hall–Kier alpha value is -2.71. The third-order valence-corrected chi connectivity index (χ3v) is 7.00. The monoisotopic (exact) mass is 414 g/mol. The minimum atomic E-state index is -3.53. The molecule has 1 N–H and O–H groups in total. The van der Waals surface area contributed by atoms with Crippen molar-refractivity contribution in [2.45, 2.75) is 39.1 Å². The van der Waals surface area contributed by atoms with Gasteiger partial charge in [0.15, 0.2) is 0 Å². The van der Waals surface area contributed by atoms with Gasteiger partial charge in [-0.25, -0.2) is 8.42 Å². The molecule has 3 rings (SSSR count). The lowest BCUT2D eigenvalue weighted by atomic mass is 10.1. The summed E-state index contributed by atoms with van der Waals surface area (Å²) in [6, 6.07) is 13.1. The third kappa shape index (κ3) is 4.49. The fraction of sp³-hybridized carbons (Fsp3) is 0.333. The first-order valence-corrected chi connectivity index (χ1v) is 11.0. The summed E-state index contributed by atoms with van der Waals surface area (Å²) in [5, 5.41) is 7.22. The van der Waals surface area contributed by atoms with E-state index in [-0.39, 0.29) is 0 Å². The minimum Gasteiger partial charge on any atom is -0.376 e.